The highest BCUT2D eigenvalue weighted by Gasteiger charge is 2.11. The van der Waals surface area contributed by atoms with Crippen molar-refractivity contribution in [1.82, 2.24) is 5.32 Å². The van der Waals surface area contributed by atoms with E-state index in [-0.39, 0.29) is 12.4 Å². The Morgan fingerprint density at radius 2 is 2.38 bits per heavy atom. The zero-order valence-corrected chi connectivity index (χ0v) is 6.26. The zero-order chi connectivity index (χ0) is 5.11. The second-order valence-corrected chi connectivity index (χ2v) is 2.32. The minimum Gasteiger partial charge on any atom is -0.316 e. The lowest BCUT2D eigenvalue weighted by Gasteiger charge is -1.97. The van der Waals surface area contributed by atoms with E-state index in [1.54, 1.807) is 0 Å². The Morgan fingerprint density at radius 3 is 2.62 bits per heavy atom. The average molecular weight is 156 g/mol. The minimum atomic E-state index is 0. The van der Waals surface area contributed by atoms with E-state index in [1.807, 2.05) is 0 Å². The van der Waals surface area contributed by atoms with Gasteiger partial charge in [-0.3, -0.25) is 0 Å². The monoisotopic (exact) mass is 155 g/mol. The lowest BCUT2D eigenvalue weighted by molar-refractivity contribution is 0.658. The molecule has 0 unspecified atom stereocenters. The van der Waals surface area contributed by atoms with Gasteiger partial charge in [0.05, 0.1) is 0 Å². The molecule has 0 amide bonds. The Balaban J connectivity index is 0.000000490. The first-order valence-electron chi connectivity index (χ1n) is 2.70. The number of nitrogens with one attached hydrogen (secondary N) is 1. The van der Waals surface area contributed by atoms with Crippen molar-refractivity contribution in [2.75, 3.05) is 19.0 Å². The Bertz CT molecular complexity index is 52.4. The normalized spacial score (nSPS) is 27.4. The molecule has 3 heteroatoms. The van der Waals surface area contributed by atoms with Crippen LogP contribution in [0.1, 0.15) is 6.42 Å². The van der Waals surface area contributed by atoms with E-state index < -0.39 is 0 Å². The molecular formula is C5H11Cl2N. The van der Waals surface area contributed by atoms with Crippen LogP contribution in [0.2, 0.25) is 0 Å². The van der Waals surface area contributed by atoms with Crippen LogP contribution in [-0.2, 0) is 0 Å². The van der Waals surface area contributed by atoms with E-state index >= 15 is 0 Å². The third-order valence-corrected chi connectivity index (χ3v) is 1.82. The lowest BCUT2D eigenvalue weighted by Crippen LogP contribution is -2.09. The van der Waals surface area contributed by atoms with Crippen molar-refractivity contribution in [3.05, 3.63) is 0 Å². The summed E-state index contributed by atoms with van der Waals surface area (Å²) < 4.78 is 0. The van der Waals surface area contributed by atoms with Crippen molar-refractivity contribution in [3.8, 4) is 0 Å². The summed E-state index contributed by atoms with van der Waals surface area (Å²) in [5.74, 6) is 1.58. The lowest BCUT2D eigenvalue weighted by atomic mass is 10.2. The fraction of sp³-hybridized carbons (Fsp3) is 1.00. The Labute approximate surface area is 61.2 Å². The van der Waals surface area contributed by atoms with Crippen LogP contribution in [0.15, 0.2) is 0 Å². The molecule has 0 spiro atoms. The van der Waals surface area contributed by atoms with Crippen molar-refractivity contribution in [2.24, 2.45) is 5.92 Å². The largest absolute Gasteiger partial charge is 0.316 e. The van der Waals surface area contributed by atoms with Crippen LogP contribution in [0.25, 0.3) is 0 Å². The van der Waals surface area contributed by atoms with Gasteiger partial charge in [0, 0.05) is 5.88 Å². The highest BCUT2D eigenvalue weighted by Crippen LogP contribution is 2.07. The van der Waals surface area contributed by atoms with Gasteiger partial charge in [0.2, 0.25) is 0 Å². The third-order valence-electron chi connectivity index (χ3n) is 1.38. The van der Waals surface area contributed by atoms with E-state index in [1.165, 1.54) is 6.42 Å². The van der Waals surface area contributed by atoms with Crippen LogP contribution in [0, 0.1) is 5.92 Å². The SMILES string of the molecule is Cl.ClC[C@H]1CCNC1. The maximum atomic E-state index is 5.57. The van der Waals surface area contributed by atoms with E-state index in [9.17, 15) is 0 Å². The Kier molecular flexibility index (Phi) is 4.72. The quantitative estimate of drug-likeness (QED) is 0.563. The second-order valence-electron chi connectivity index (χ2n) is 2.01. The molecule has 1 heterocycles. The molecule has 1 aliphatic heterocycles. The predicted molar refractivity (Wildman–Crippen MR) is 38.9 cm³/mol. The van der Waals surface area contributed by atoms with Crippen molar-refractivity contribution < 1.29 is 0 Å². The zero-order valence-electron chi connectivity index (χ0n) is 4.69. The summed E-state index contributed by atoms with van der Waals surface area (Å²) in [6.07, 6.45) is 1.27. The van der Waals surface area contributed by atoms with Crippen LogP contribution in [0.4, 0.5) is 0 Å². The molecule has 1 nitrogen and oxygen atoms in total. The summed E-state index contributed by atoms with van der Waals surface area (Å²) in [6, 6.07) is 0. The molecule has 1 atom stereocenters. The molecule has 8 heavy (non-hydrogen) atoms. The van der Waals surface area contributed by atoms with E-state index in [0.717, 1.165) is 24.9 Å². The smallest absolute Gasteiger partial charge is 0.0264 e. The molecule has 0 aromatic heterocycles. The molecule has 0 bridgehead atoms. The Hall–Kier alpha value is 0.540. The summed E-state index contributed by atoms with van der Waals surface area (Å²) in [5.41, 5.74) is 0. The first-order valence-corrected chi connectivity index (χ1v) is 3.23. The van der Waals surface area contributed by atoms with E-state index in [4.69, 9.17) is 11.6 Å². The fourth-order valence-corrected chi connectivity index (χ4v) is 1.11. The second kappa shape index (κ2) is 4.42. The maximum absolute atomic E-state index is 5.57. The summed E-state index contributed by atoms with van der Waals surface area (Å²) in [6.45, 7) is 2.29. The summed E-state index contributed by atoms with van der Waals surface area (Å²) in [4.78, 5) is 0. The van der Waals surface area contributed by atoms with Crippen LogP contribution in [0.3, 0.4) is 0 Å². The van der Waals surface area contributed by atoms with Gasteiger partial charge in [-0.2, -0.15) is 0 Å². The van der Waals surface area contributed by atoms with Crippen LogP contribution in [-0.4, -0.2) is 19.0 Å². The molecule has 1 N–H and O–H groups in total. The molecule has 0 aliphatic carbocycles. The van der Waals surface area contributed by atoms with Crippen molar-refractivity contribution in [2.45, 2.75) is 6.42 Å². The summed E-state index contributed by atoms with van der Waals surface area (Å²) >= 11 is 5.57. The summed E-state index contributed by atoms with van der Waals surface area (Å²) in [5, 5.41) is 3.24. The highest BCUT2D eigenvalue weighted by atomic mass is 35.5. The molecule has 1 aliphatic rings. The van der Waals surface area contributed by atoms with Gasteiger partial charge in [0.1, 0.15) is 0 Å². The third kappa shape index (κ3) is 2.21. The van der Waals surface area contributed by atoms with Crippen LogP contribution >= 0.6 is 24.0 Å². The van der Waals surface area contributed by atoms with Gasteiger partial charge in [-0.05, 0) is 25.4 Å². The number of halogens is 2. The number of rotatable bonds is 1. The van der Waals surface area contributed by atoms with E-state index in [0.29, 0.717) is 0 Å². The van der Waals surface area contributed by atoms with Crippen molar-refractivity contribution in [3.63, 3.8) is 0 Å². The molecule has 0 radical (unpaired) electrons. The Morgan fingerprint density at radius 1 is 1.62 bits per heavy atom. The molecule has 0 aromatic carbocycles. The van der Waals surface area contributed by atoms with Gasteiger partial charge in [-0.25, -0.2) is 0 Å². The van der Waals surface area contributed by atoms with Gasteiger partial charge in [-0.15, -0.1) is 24.0 Å². The first kappa shape index (κ1) is 8.54. The van der Waals surface area contributed by atoms with E-state index in [2.05, 4.69) is 5.32 Å². The molecule has 1 rings (SSSR count). The number of alkyl halides is 1. The maximum Gasteiger partial charge on any atom is 0.0264 e. The molecule has 1 saturated heterocycles. The standard InChI is InChI=1S/C5H10ClN.ClH/c6-3-5-1-2-7-4-5;/h5,7H,1-4H2;1H/t5-;/m1./s1. The molecule has 1 fully saturated rings. The van der Waals surface area contributed by atoms with Gasteiger partial charge in [0.15, 0.2) is 0 Å². The molecular weight excluding hydrogens is 145 g/mol. The average Bonchev–Trinajstić information content (AvgIpc) is 2.14. The fourth-order valence-electron chi connectivity index (χ4n) is 0.846. The highest BCUT2D eigenvalue weighted by molar-refractivity contribution is 6.18. The first-order chi connectivity index (χ1) is 3.43. The minimum absolute atomic E-state index is 0. The van der Waals surface area contributed by atoms with Gasteiger partial charge in [-0.1, -0.05) is 0 Å². The van der Waals surface area contributed by atoms with Gasteiger partial charge >= 0.3 is 0 Å². The molecule has 50 valence electrons. The van der Waals surface area contributed by atoms with Crippen molar-refractivity contribution in [1.29, 1.82) is 0 Å². The topological polar surface area (TPSA) is 12.0 Å². The summed E-state index contributed by atoms with van der Waals surface area (Å²) in [7, 11) is 0. The predicted octanol–water partition coefficient (Wildman–Crippen LogP) is 1.26. The number of hydrogen-bond donors (Lipinski definition) is 1. The van der Waals surface area contributed by atoms with Gasteiger partial charge < -0.3 is 5.32 Å². The molecule has 0 saturated carbocycles. The van der Waals surface area contributed by atoms with Crippen molar-refractivity contribution >= 4 is 24.0 Å². The van der Waals surface area contributed by atoms with Crippen LogP contribution < -0.4 is 5.32 Å². The number of hydrogen-bond acceptors (Lipinski definition) is 1. The molecule has 0 aromatic rings. The van der Waals surface area contributed by atoms with Crippen LogP contribution in [0.5, 0.6) is 0 Å². The van der Waals surface area contributed by atoms with Gasteiger partial charge in [0.25, 0.3) is 0 Å².